The van der Waals surface area contributed by atoms with Crippen molar-refractivity contribution in [2.24, 2.45) is 0 Å². The Morgan fingerprint density at radius 3 is 2.50 bits per heavy atom. The molecule has 0 spiro atoms. The lowest BCUT2D eigenvalue weighted by Crippen LogP contribution is -2.54. The number of anilines is 1. The minimum Gasteiger partial charge on any atom is -0.349 e. The highest BCUT2D eigenvalue weighted by Crippen LogP contribution is 2.31. The minimum atomic E-state index is -0.0735. The molecule has 3 aliphatic rings. The monoisotopic (exact) mass is 381 g/mol. The molecule has 2 fully saturated rings. The quantitative estimate of drug-likeness (QED) is 0.804. The van der Waals surface area contributed by atoms with Crippen molar-refractivity contribution in [3.63, 3.8) is 0 Å². The number of carbonyl (C=O) groups is 1. The summed E-state index contributed by atoms with van der Waals surface area (Å²) in [5.41, 5.74) is 2.32. The van der Waals surface area contributed by atoms with E-state index in [9.17, 15) is 4.79 Å². The number of carbonyl (C=O) groups excluding carboxylic acids is 1. The fraction of sp³-hybridized carbons (Fsp3) is 0.632. The van der Waals surface area contributed by atoms with Crippen molar-refractivity contribution in [1.82, 2.24) is 9.80 Å². The van der Waals surface area contributed by atoms with Crippen LogP contribution in [0.4, 0.5) is 10.5 Å². The number of hydrogen-bond acceptors (Lipinski definition) is 4. The summed E-state index contributed by atoms with van der Waals surface area (Å²) in [6.07, 6.45) is 1.95. The van der Waals surface area contributed by atoms with E-state index in [1.807, 2.05) is 17.9 Å². The van der Waals surface area contributed by atoms with Gasteiger partial charge >= 0.3 is 6.03 Å². The van der Waals surface area contributed by atoms with E-state index in [0.29, 0.717) is 25.8 Å². The number of rotatable bonds is 4. The van der Waals surface area contributed by atoms with E-state index in [4.69, 9.17) is 9.47 Å². The zero-order valence-electron chi connectivity index (χ0n) is 15.3. The number of para-hydroxylation sites is 1. The van der Waals surface area contributed by atoms with Crippen molar-refractivity contribution >= 4 is 24.1 Å². The van der Waals surface area contributed by atoms with Crippen LogP contribution >= 0.6 is 12.4 Å². The van der Waals surface area contributed by atoms with E-state index in [1.165, 1.54) is 5.56 Å². The first kappa shape index (κ1) is 19.4. The maximum Gasteiger partial charge on any atom is 0.325 e. The number of fused-ring (bicyclic) bond motifs is 1. The second kappa shape index (κ2) is 8.57. The van der Waals surface area contributed by atoms with Crippen molar-refractivity contribution in [3.05, 3.63) is 29.8 Å². The maximum atomic E-state index is 13.0. The number of urea groups is 1. The molecular formula is C19H28ClN3O3. The van der Waals surface area contributed by atoms with Gasteiger partial charge in [0.05, 0.1) is 18.9 Å². The first-order valence-corrected chi connectivity index (χ1v) is 9.38. The lowest BCUT2D eigenvalue weighted by atomic mass is 10.00. The van der Waals surface area contributed by atoms with Gasteiger partial charge in [0.15, 0.2) is 6.29 Å². The molecule has 0 aliphatic carbocycles. The highest BCUT2D eigenvalue weighted by molar-refractivity contribution is 5.95. The van der Waals surface area contributed by atoms with Gasteiger partial charge in [-0.1, -0.05) is 18.2 Å². The largest absolute Gasteiger partial charge is 0.349 e. The predicted molar refractivity (Wildman–Crippen MR) is 103 cm³/mol. The van der Waals surface area contributed by atoms with Crippen molar-refractivity contribution in [1.29, 1.82) is 0 Å². The maximum absolute atomic E-state index is 13.0. The molecule has 0 N–H and O–H groups in total. The zero-order chi connectivity index (χ0) is 17.2. The Morgan fingerprint density at radius 2 is 1.81 bits per heavy atom. The smallest absolute Gasteiger partial charge is 0.325 e. The van der Waals surface area contributed by atoms with E-state index < -0.39 is 0 Å². The molecule has 0 radical (unpaired) electrons. The summed E-state index contributed by atoms with van der Waals surface area (Å²) in [4.78, 5) is 19.4. The minimum absolute atomic E-state index is 0. The summed E-state index contributed by atoms with van der Waals surface area (Å²) in [6, 6.07) is 8.74. The lowest BCUT2D eigenvalue weighted by molar-refractivity contribution is -0.0666. The molecule has 0 aromatic heterocycles. The fourth-order valence-electron chi connectivity index (χ4n) is 4.15. The van der Waals surface area contributed by atoms with E-state index in [-0.39, 0.29) is 24.7 Å². The van der Waals surface area contributed by atoms with Crippen molar-refractivity contribution in [3.8, 4) is 0 Å². The van der Waals surface area contributed by atoms with Gasteiger partial charge in [-0.25, -0.2) is 4.79 Å². The predicted octanol–water partition coefficient (Wildman–Crippen LogP) is 2.71. The Morgan fingerprint density at radius 1 is 1.12 bits per heavy atom. The van der Waals surface area contributed by atoms with Crippen molar-refractivity contribution in [2.75, 3.05) is 44.3 Å². The molecule has 0 bridgehead atoms. The van der Waals surface area contributed by atoms with Gasteiger partial charge in [0.25, 0.3) is 0 Å². The Hall–Kier alpha value is -1.34. The molecule has 2 saturated heterocycles. The summed E-state index contributed by atoms with van der Waals surface area (Å²) >= 11 is 0. The molecule has 26 heavy (non-hydrogen) atoms. The third kappa shape index (κ3) is 3.83. The molecule has 2 amide bonds. The summed E-state index contributed by atoms with van der Waals surface area (Å²) in [5.74, 6) is 0. The molecule has 3 heterocycles. The fourth-order valence-corrected chi connectivity index (χ4v) is 4.15. The molecule has 1 aromatic rings. The zero-order valence-corrected chi connectivity index (χ0v) is 16.1. The molecule has 144 valence electrons. The van der Waals surface area contributed by atoms with Crippen LogP contribution in [0.5, 0.6) is 0 Å². The van der Waals surface area contributed by atoms with Crippen molar-refractivity contribution < 1.29 is 14.3 Å². The van der Waals surface area contributed by atoms with E-state index >= 15 is 0 Å². The van der Waals surface area contributed by atoms with Crippen LogP contribution in [0.25, 0.3) is 0 Å². The van der Waals surface area contributed by atoms with Gasteiger partial charge in [-0.3, -0.25) is 9.80 Å². The van der Waals surface area contributed by atoms with Gasteiger partial charge in [-0.2, -0.15) is 0 Å². The number of benzene rings is 1. The van der Waals surface area contributed by atoms with Crippen LogP contribution < -0.4 is 4.90 Å². The summed E-state index contributed by atoms with van der Waals surface area (Å²) in [7, 11) is 0. The topological polar surface area (TPSA) is 45.3 Å². The highest BCUT2D eigenvalue weighted by atomic mass is 35.5. The summed E-state index contributed by atoms with van der Waals surface area (Å²) in [5, 5.41) is 0. The van der Waals surface area contributed by atoms with Crippen LogP contribution in [0.3, 0.4) is 0 Å². The average Bonchev–Trinajstić information content (AvgIpc) is 3.15. The van der Waals surface area contributed by atoms with Crippen molar-refractivity contribution in [2.45, 2.75) is 38.6 Å². The first-order valence-electron chi connectivity index (χ1n) is 9.38. The standard InChI is InChI=1S/C19H27N3O3.ClH/c1-2-21-17-6-4-3-5-15(17)13-22(19(21)23)16-7-9-20(10-8-16)14-18-24-11-12-25-18;/h3-6,16,18H,2,7-14H2,1H3;1H. The van der Waals surface area contributed by atoms with E-state index in [2.05, 4.69) is 28.0 Å². The molecule has 7 heteroatoms. The van der Waals surface area contributed by atoms with Crippen LogP contribution in [0.2, 0.25) is 0 Å². The Kier molecular flexibility index (Phi) is 6.40. The Bertz CT molecular complexity index is 616. The molecule has 0 atom stereocenters. The number of halogens is 1. The van der Waals surface area contributed by atoms with E-state index in [0.717, 1.165) is 44.7 Å². The average molecular weight is 382 g/mol. The van der Waals surface area contributed by atoms with Crippen LogP contribution in [-0.2, 0) is 16.0 Å². The SMILES string of the molecule is CCN1C(=O)N(C2CCN(CC3OCCO3)CC2)Cc2ccccc21.Cl. The molecule has 4 rings (SSSR count). The first-order chi connectivity index (χ1) is 12.3. The Balaban J connectivity index is 0.00000196. The highest BCUT2D eigenvalue weighted by Gasteiger charge is 2.35. The second-order valence-electron chi connectivity index (χ2n) is 6.99. The number of nitrogens with zero attached hydrogens (tertiary/aromatic N) is 3. The van der Waals surface area contributed by atoms with Gasteiger partial charge in [0.1, 0.15) is 0 Å². The van der Waals surface area contributed by atoms with Crippen LogP contribution in [0, 0.1) is 0 Å². The third-order valence-electron chi connectivity index (χ3n) is 5.51. The second-order valence-corrected chi connectivity index (χ2v) is 6.99. The Labute approximate surface area is 161 Å². The van der Waals surface area contributed by atoms with Crippen LogP contribution in [0.1, 0.15) is 25.3 Å². The molecular weight excluding hydrogens is 354 g/mol. The van der Waals surface area contributed by atoms with Crippen LogP contribution in [0.15, 0.2) is 24.3 Å². The molecule has 1 aromatic carbocycles. The van der Waals surface area contributed by atoms with Gasteiger partial charge < -0.3 is 14.4 Å². The summed E-state index contributed by atoms with van der Waals surface area (Å²) in [6.45, 7) is 7.71. The number of piperidine rings is 1. The van der Waals surface area contributed by atoms with Gasteiger partial charge in [0, 0.05) is 38.8 Å². The van der Waals surface area contributed by atoms with Crippen LogP contribution in [-0.4, -0.2) is 67.6 Å². The molecule has 0 saturated carbocycles. The number of ether oxygens (including phenoxy) is 2. The normalized spacial score (nSPS) is 22.4. The third-order valence-corrected chi connectivity index (χ3v) is 5.51. The van der Waals surface area contributed by atoms with Gasteiger partial charge in [0.2, 0.25) is 0 Å². The number of amides is 2. The molecule has 0 unspecified atom stereocenters. The van der Waals surface area contributed by atoms with E-state index in [1.54, 1.807) is 0 Å². The molecule has 3 aliphatic heterocycles. The molecule has 6 nitrogen and oxygen atoms in total. The number of likely N-dealkylation sites (tertiary alicyclic amines) is 1. The van der Waals surface area contributed by atoms with Gasteiger partial charge in [-0.05, 0) is 31.4 Å². The van der Waals surface area contributed by atoms with Gasteiger partial charge in [-0.15, -0.1) is 12.4 Å². The lowest BCUT2D eigenvalue weighted by Gasteiger charge is -2.44. The summed E-state index contributed by atoms with van der Waals surface area (Å²) < 4.78 is 11.1. The number of hydrogen-bond donors (Lipinski definition) is 0.